The zero-order chi connectivity index (χ0) is 13.2. The van der Waals surface area contributed by atoms with Crippen molar-refractivity contribution >= 4 is 27.9 Å². The Morgan fingerprint density at radius 3 is 2.89 bits per heavy atom. The molecule has 3 nitrogen and oxygen atoms in total. The molecule has 0 N–H and O–H groups in total. The molecule has 0 aliphatic heterocycles. The summed E-state index contributed by atoms with van der Waals surface area (Å²) >= 11 is 3.46. The van der Waals surface area contributed by atoms with E-state index in [1.165, 1.54) is 5.56 Å². The normalized spacial score (nSPS) is 10.8. The molecular weight excluding hydrogens is 304 g/mol. The number of hydrogen-bond acceptors (Lipinski definition) is 2. The Morgan fingerprint density at radius 1 is 1.21 bits per heavy atom. The van der Waals surface area contributed by atoms with E-state index in [2.05, 4.69) is 33.0 Å². The lowest BCUT2D eigenvalue weighted by molar-refractivity contribution is 0.112. The van der Waals surface area contributed by atoms with E-state index in [0.29, 0.717) is 5.56 Å². The third kappa shape index (κ3) is 2.58. The van der Waals surface area contributed by atoms with E-state index in [-0.39, 0.29) is 0 Å². The Morgan fingerprint density at radius 2 is 2.11 bits per heavy atom. The molecular formula is C15H11BrN2O. The van der Waals surface area contributed by atoms with Crippen LogP contribution in [-0.4, -0.2) is 15.7 Å². The van der Waals surface area contributed by atoms with Crippen molar-refractivity contribution in [3.8, 4) is 0 Å². The molecule has 0 amide bonds. The minimum Gasteiger partial charge on any atom is -0.306 e. The van der Waals surface area contributed by atoms with Crippen molar-refractivity contribution in [2.75, 3.05) is 0 Å². The maximum atomic E-state index is 10.7. The first-order valence-corrected chi connectivity index (χ1v) is 6.71. The van der Waals surface area contributed by atoms with Crippen molar-refractivity contribution in [1.29, 1.82) is 0 Å². The van der Waals surface area contributed by atoms with Gasteiger partial charge in [-0.15, -0.1) is 0 Å². The molecule has 0 spiro atoms. The van der Waals surface area contributed by atoms with Gasteiger partial charge in [0.25, 0.3) is 0 Å². The number of hydrogen-bond donors (Lipinski definition) is 0. The van der Waals surface area contributed by atoms with Crippen molar-refractivity contribution in [2.24, 2.45) is 0 Å². The highest BCUT2D eigenvalue weighted by Gasteiger charge is 2.04. The quantitative estimate of drug-likeness (QED) is 0.693. The van der Waals surface area contributed by atoms with Gasteiger partial charge in [0.2, 0.25) is 0 Å². The lowest BCUT2D eigenvalue weighted by atomic mass is 10.1. The fourth-order valence-electron chi connectivity index (χ4n) is 2.07. The number of carbonyl (C=O) groups excluding carboxylic acids is 1. The van der Waals surface area contributed by atoms with Gasteiger partial charge in [-0.3, -0.25) is 4.79 Å². The van der Waals surface area contributed by atoms with Crippen molar-refractivity contribution in [3.63, 3.8) is 0 Å². The van der Waals surface area contributed by atoms with Crippen LogP contribution in [0.4, 0.5) is 0 Å². The highest BCUT2D eigenvalue weighted by atomic mass is 79.9. The highest BCUT2D eigenvalue weighted by molar-refractivity contribution is 9.10. The van der Waals surface area contributed by atoms with Crippen LogP contribution in [0.5, 0.6) is 0 Å². The standard InChI is InChI=1S/C15H11BrN2O/c16-13-3-1-2-11(6-13)7-14-9-18-8-12(10-19)4-5-15(18)17-14/h1-6,8-10H,7H2. The molecule has 0 fully saturated rings. The lowest BCUT2D eigenvalue weighted by Crippen LogP contribution is -1.87. The van der Waals surface area contributed by atoms with Gasteiger partial charge in [0.05, 0.1) is 5.69 Å². The summed E-state index contributed by atoms with van der Waals surface area (Å²) in [6.07, 6.45) is 5.37. The number of benzene rings is 1. The molecule has 94 valence electrons. The fourth-order valence-corrected chi connectivity index (χ4v) is 2.52. The molecule has 0 aliphatic carbocycles. The van der Waals surface area contributed by atoms with Gasteiger partial charge in [0, 0.05) is 28.9 Å². The summed E-state index contributed by atoms with van der Waals surface area (Å²) in [7, 11) is 0. The van der Waals surface area contributed by atoms with E-state index >= 15 is 0 Å². The van der Waals surface area contributed by atoms with Crippen LogP contribution in [-0.2, 0) is 6.42 Å². The Hall–Kier alpha value is -1.94. The number of halogens is 1. The third-order valence-electron chi connectivity index (χ3n) is 2.93. The van der Waals surface area contributed by atoms with E-state index in [4.69, 9.17) is 0 Å². The second-order valence-electron chi connectivity index (χ2n) is 4.38. The molecule has 4 heteroatoms. The smallest absolute Gasteiger partial charge is 0.151 e. The van der Waals surface area contributed by atoms with E-state index in [9.17, 15) is 4.79 Å². The molecule has 19 heavy (non-hydrogen) atoms. The molecule has 0 saturated carbocycles. The molecule has 0 aliphatic rings. The van der Waals surface area contributed by atoms with Crippen LogP contribution in [0.2, 0.25) is 0 Å². The predicted octanol–water partition coefficient (Wildman–Crippen LogP) is 3.50. The second kappa shape index (κ2) is 4.97. The predicted molar refractivity (Wildman–Crippen MR) is 77.5 cm³/mol. The van der Waals surface area contributed by atoms with Crippen molar-refractivity contribution in [1.82, 2.24) is 9.38 Å². The minimum absolute atomic E-state index is 0.652. The zero-order valence-corrected chi connectivity index (χ0v) is 11.7. The highest BCUT2D eigenvalue weighted by Crippen LogP contribution is 2.15. The largest absolute Gasteiger partial charge is 0.306 e. The first-order valence-electron chi connectivity index (χ1n) is 5.92. The number of aromatic nitrogens is 2. The monoisotopic (exact) mass is 314 g/mol. The molecule has 3 aromatic rings. The molecule has 2 heterocycles. The molecule has 0 atom stereocenters. The molecule has 0 bridgehead atoms. The number of imidazole rings is 1. The average molecular weight is 315 g/mol. The summed E-state index contributed by atoms with van der Waals surface area (Å²) in [6.45, 7) is 0. The summed E-state index contributed by atoms with van der Waals surface area (Å²) in [6, 6.07) is 11.8. The maximum absolute atomic E-state index is 10.7. The van der Waals surface area contributed by atoms with Crippen LogP contribution in [0.25, 0.3) is 5.65 Å². The number of rotatable bonds is 3. The Kier molecular flexibility index (Phi) is 3.17. The fraction of sp³-hybridized carbons (Fsp3) is 0.0667. The first-order chi connectivity index (χ1) is 9.24. The van der Waals surface area contributed by atoms with E-state index < -0.39 is 0 Å². The Labute approximate surface area is 119 Å². The van der Waals surface area contributed by atoms with Gasteiger partial charge in [0.1, 0.15) is 5.65 Å². The number of aldehydes is 1. The summed E-state index contributed by atoms with van der Waals surface area (Å²) in [5.74, 6) is 0. The van der Waals surface area contributed by atoms with Gasteiger partial charge in [-0.2, -0.15) is 0 Å². The number of pyridine rings is 1. The Bertz CT molecular complexity index is 749. The lowest BCUT2D eigenvalue weighted by Gasteiger charge is -1.98. The average Bonchev–Trinajstić information content (AvgIpc) is 2.79. The van der Waals surface area contributed by atoms with E-state index in [0.717, 1.165) is 28.5 Å². The van der Waals surface area contributed by atoms with Gasteiger partial charge in [0.15, 0.2) is 6.29 Å². The van der Waals surface area contributed by atoms with Gasteiger partial charge in [-0.25, -0.2) is 4.98 Å². The van der Waals surface area contributed by atoms with Gasteiger partial charge in [-0.05, 0) is 29.8 Å². The van der Waals surface area contributed by atoms with Crippen LogP contribution in [0.1, 0.15) is 21.6 Å². The third-order valence-corrected chi connectivity index (χ3v) is 3.43. The number of fused-ring (bicyclic) bond motifs is 1. The second-order valence-corrected chi connectivity index (χ2v) is 5.30. The van der Waals surface area contributed by atoms with Crippen LogP contribution in [0.3, 0.4) is 0 Å². The summed E-state index contributed by atoms with van der Waals surface area (Å²) in [5, 5.41) is 0. The van der Waals surface area contributed by atoms with Crippen molar-refractivity contribution in [3.05, 3.63) is 70.1 Å². The van der Waals surface area contributed by atoms with Crippen molar-refractivity contribution in [2.45, 2.75) is 6.42 Å². The number of nitrogens with zero attached hydrogens (tertiary/aromatic N) is 2. The van der Waals surface area contributed by atoms with Gasteiger partial charge in [-0.1, -0.05) is 28.1 Å². The SMILES string of the molecule is O=Cc1ccc2nc(Cc3cccc(Br)c3)cn2c1. The molecule has 1 aromatic carbocycles. The van der Waals surface area contributed by atoms with Crippen LogP contribution < -0.4 is 0 Å². The van der Waals surface area contributed by atoms with E-state index in [1.54, 1.807) is 12.3 Å². The summed E-state index contributed by atoms with van der Waals surface area (Å²) < 4.78 is 2.95. The Balaban J connectivity index is 1.95. The maximum Gasteiger partial charge on any atom is 0.151 e. The van der Waals surface area contributed by atoms with Crippen LogP contribution in [0.15, 0.2) is 53.3 Å². The topological polar surface area (TPSA) is 34.4 Å². The molecule has 0 unspecified atom stereocenters. The number of carbonyl (C=O) groups is 1. The molecule has 3 rings (SSSR count). The first kappa shape index (κ1) is 12.1. The van der Waals surface area contributed by atoms with Crippen LogP contribution >= 0.6 is 15.9 Å². The summed E-state index contributed by atoms with van der Waals surface area (Å²) in [4.78, 5) is 15.3. The van der Waals surface area contributed by atoms with E-state index in [1.807, 2.05) is 28.8 Å². The minimum atomic E-state index is 0.652. The zero-order valence-electron chi connectivity index (χ0n) is 10.1. The van der Waals surface area contributed by atoms with Crippen LogP contribution in [0, 0.1) is 0 Å². The molecule has 0 saturated heterocycles. The van der Waals surface area contributed by atoms with Gasteiger partial charge < -0.3 is 4.40 Å². The summed E-state index contributed by atoms with van der Waals surface area (Å²) in [5.41, 5.74) is 3.70. The van der Waals surface area contributed by atoms with Gasteiger partial charge >= 0.3 is 0 Å². The molecule has 2 aromatic heterocycles. The van der Waals surface area contributed by atoms with Crippen molar-refractivity contribution < 1.29 is 4.79 Å². The molecule has 0 radical (unpaired) electrons.